The highest BCUT2D eigenvalue weighted by Crippen LogP contribution is 2.28. The number of hydrogen-bond acceptors (Lipinski definition) is 5. The van der Waals surface area contributed by atoms with E-state index in [0.717, 1.165) is 6.42 Å². The van der Waals surface area contributed by atoms with Gasteiger partial charge in [-0.2, -0.15) is 0 Å². The van der Waals surface area contributed by atoms with Crippen molar-refractivity contribution in [2.24, 2.45) is 5.92 Å². The first-order valence-corrected chi connectivity index (χ1v) is 5.62. The lowest BCUT2D eigenvalue weighted by Crippen LogP contribution is -2.43. The first kappa shape index (κ1) is 11.8. The smallest absolute Gasteiger partial charge is 0.311 e. The summed E-state index contributed by atoms with van der Waals surface area (Å²) in [6.45, 7) is 3.07. The predicted octanol–water partition coefficient (Wildman–Crippen LogP) is 1.20. The molecule has 17 heavy (non-hydrogen) atoms. The average molecular weight is 237 g/mol. The van der Waals surface area contributed by atoms with Gasteiger partial charge in [0.25, 0.3) is 0 Å². The van der Waals surface area contributed by atoms with Crippen LogP contribution in [0.5, 0.6) is 0 Å². The van der Waals surface area contributed by atoms with E-state index in [1.54, 1.807) is 11.0 Å². The van der Waals surface area contributed by atoms with Crippen molar-refractivity contribution in [1.82, 2.24) is 4.98 Å². The Kier molecular flexibility index (Phi) is 3.23. The van der Waals surface area contributed by atoms with Crippen LogP contribution in [0.15, 0.2) is 18.3 Å². The lowest BCUT2D eigenvalue weighted by Gasteiger charge is -2.34. The van der Waals surface area contributed by atoms with E-state index in [1.165, 1.54) is 12.3 Å². The maximum absolute atomic E-state index is 10.9. The minimum Gasteiger partial charge on any atom is -0.391 e. The SMILES string of the molecule is CC1CCN(c2ncccc2[N+](=O)[O-])CC1O. The fourth-order valence-corrected chi connectivity index (χ4v) is 2.02. The fraction of sp³-hybridized carbons (Fsp3) is 0.545. The Morgan fingerprint density at radius 2 is 2.41 bits per heavy atom. The van der Waals surface area contributed by atoms with Crippen LogP contribution in [0.25, 0.3) is 0 Å². The van der Waals surface area contributed by atoms with E-state index < -0.39 is 11.0 Å². The summed E-state index contributed by atoms with van der Waals surface area (Å²) < 4.78 is 0. The van der Waals surface area contributed by atoms with Crippen molar-refractivity contribution < 1.29 is 10.0 Å². The van der Waals surface area contributed by atoms with Crippen LogP contribution in [-0.4, -0.2) is 34.2 Å². The summed E-state index contributed by atoms with van der Waals surface area (Å²) >= 11 is 0. The summed E-state index contributed by atoms with van der Waals surface area (Å²) in [7, 11) is 0. The lowest BCUT2D eigenvalue weighted by atomic mass is 9.96. The minimum absolute atomic E-state index is 0.00532. The summed E-state index contributed by atoms with van der Waals surface area (Å²) in [6, 6.07) is 2.98. The number of hydrogen-bond donors (Lipinski definition) is 1. The van der Waals surface area contributed by atoms with Crippen LogP contribution in [0.4, 0.5) is 11.5 Å². The number of anilines is 1. The summed E-state index contributed by atoms with van der Waals surface area (Å²) in [5.41, 5.74) is -0.00532. The zero-order chi connectivity index (χ0) is 12.4. The molecule has 1 aromatic rings. The van der Waals surface area contributed by atoms with Crippen molar-refractivity contribution in [3.63, 3.8) is 0 Å². The van der Waals surface area contributed by atoms with E-state index >= 15 is 0 Å². The Hall–Kier alpha value is -1.69. The van der Waals surface area contributed by atoms with Gasteiger partial charge in [0, 0.05) is 25.4 Å². The maximum Gasteiger partial charge on any atom is 0.311 e. The van der Waals surface area contributed by atoms with Gasteiger partial charge in [-0.3, -0.25) is 10.1 Å². The largest absolute Gasteiger partial charge is 0.391 e. The first-order valence-electron chi connectivity index (χ1n) is 5.62. The standard InChI is InChI=1S/C11H15N3O3/c1-8-4-6-13(7-10(8)15)11-9(14(16)17)3-2-5-12-11/h2-3,5,8,10,15H,4,6-7H2,1H3. The van der Waals surface area contributed by atoms with Crippen LogP contribution in [0.3, 0.4) is 0 Å². The molecule has 6 heteroatoms. The van der Waals surface area contributed by atoms with Crippen LogP contribution in [0.1, 0.15) is 13.3 Å². The molecule has 2 heterocycles. The van der Waals surface area contributed by atoms with Crippen LogP contribution >= 0.6 is 0 Å². The van der Waals surface area contributed by atoms with Gasteiger partial charge in [-0.1, -0.05) is 6.92 Å². The predicted molar refractivity (Wildman–Crippen MR) is 62.9 cm³/mol. The number of aliphatic hydroxyl groups excluding tert-OH is 1. The molecular weight excluding hydrogens is 222 g/mol. The summed E-state index contributed by atoms with van der Waals surface area (Å²) in [5, 5.41) is 20.7. The second-order valence-corrected chi connectivity index (χ2v) is 4.38. The molecule has 0 amide bonds. The van der Waals surface area contributed by atoms with Crippen molar-refractivity contribution in [1.29, 1.82) is 0 Å². The molecule has 1 aliphatic rings. The molecule has 0 saturated carbocycles. The summed E-state index contributed by atoms with van der Waals surface area (Å²) in [6.07, 6.45) is 1.90. The summed E-state index contributed by atoms with van der Waals surface area (Å²) in [5.74, 6) is 0.581. The lowest BCUT2D eigenvalue weighted by molar-refractivity contribution is -0.384. The Morgan fingerprint density at radius 1 is 1.65 bits per heavy atom. The normalized spacial score (nSPS) is 24.7. The Balaban J connectivity index is 2.25. The summed E-state index contributed by atoms with van der Waals surface area (Å²) in [4.78, 5) is 16.3. The number of nitrogens with zero attached hydrogens (tertiary/aromatic N) is 3. The van der Waals surface area contributed by atoms with E-state index in [2.05, 4.69) is 4.98 Å². The van der Waals surface area contributed by atoms with E-state index in [4.69, 9.17) is 0 Å². The third-order valence-corrected chi connectivity index (χ3v) is 3.18. The zero-order valence-corrected chi connectivity index (χ0v) is 9.61. The number of aliphatic hydroxyl groups is 1. The van der Waals surface area contributed by atoms with E-state index in [0.29, 0.717) is 18.9 Å². The molecule has 6 nitrogen and oxygen atoms in total. The molecule has 0 aliphatic carbocycles. The van der Waals surface area contributed by atoms with Gasteiger partial charge < -0.3 is 10.0 Å². The third-order valence-electron chi connectivity index (χ3n) is 3.18. The van der Waals surface area contributed by atoms with Crippen molar-refractivity contribution in [2.75, 3.05) is 18.0 Å². The number of rotatable bonds is 2. The first-order chi connectivity index (χ1) is 8.09. The van der Waals surface area contributed by atoms with Gasteiger partial charge in [-0.15, -0.1) is 0 Å². The van der Waals surface area contributed by atoms with Gasteiger partial charge in [0.1, 0.15) is 0 Å². The van der Waals surface area contributed by atoms with Gasteiger partial charge in [0.15, 0.2) is 0 Å². The number of pyridine rings is 1. The van der Waals surface area contributed by atoms with Crippen molar-refractivity contribution in [3.05, 3.63) is 28.4 Å². The number of piperidine rings is 1. The molecule has 2 unspecified atom stereocenters. The molecule has 0 radical (unpaired) electrons. The van der Waals surface area contributed by atoms with Crippen LogP contribution < -0.4 is 4.90 Å². The average Bonchev–Trinajstić information content (AvgIpc) is 2.32. The van der Waals surface area contributed by atoms with Crippen molar-refractivity contribution in [2.45, 2.75) is 19.4 Å². The monoisotopic (exact) mass is 237 g/mol. The molecule has 2 atom stereocenters. The van der Waals surface area contributed by atoms with Crippen LogP contribution in [0.2, 0.25) is 0 Å². The van der Waals surface area contributed by atoms with Gasteiger partial charge in [0.05, 0.1) is 11.0 Å². The highest BCUT2D eigenvalue weighted by molar-refractivity contribution is 5.57. The molecule has 92 valence electrons. The molecule has 0 bridgehead atoms. The minimum atomic E-state index is -0.453. The van der Waals surface area contributed by atoms with Crippen molar-refractivity contribution >= 4 is 11.5 Å². The number of β-amino-alcohol motifs (C(OH)–C–C–N with tert-alkyl or cyclic N) is 1. The van der Waals surface area contributed by atoms with Gasteiger partial charge >= 0.3 is 5.69 Å². The molecule has 0 spiro atoms. The maximum atomic E-state index is 10.9. The molecule has 1 N–H and O–H groups in total. The van der Waals surface area contributed by atoms with Gasteiger partial charge in [-0.25, -0.2) is 4.98 Å². The van der Waals surface area contributed by atoms with E-state index in [-0.39, 0.29) is 11.6 Å². The highest BCUT2D eigenvalue weighted by atomic mass is 16.6. The molecule has 0 aromatic carbocycles. The third kappa shape index (κ3) is 2.36. The molecule has 2 rings (SSSR count). The van der Waals surface area contributed by atoms with Crippen molar-refractivity contribution in [3.8, 4) is 0 Å². The zero-order valence-electron chi connectivity index (χ0n) is 9.61. The molecular formula is C11H15N3O3. The Morgan fingerprint density at radius 3 is 3.06 bits per heavy atom. The number of nitro groups is 1. The second-order valence-electron chi connectivity index (χ2n) is 4.38. The molecule has 1 saturated heterocycles. The van der Waals surface area contributed by atoms with Crippen LogP contribution in [-0.2, 0) is 0 Å². The highest BCUT2D eigenvalue weighted by Gasteiger charge is 2.28. The van der Waals surface area contributed by atoms with Gasteiger partial charge in [-0.05, 0) is 18.4 Å². The number of aromatic nitrogens is 1. The Labute approximate surface area is 99.0 Å². The van der Waals surface area contributed by atoms with E-state index in [1.807, 2.05) is 6.92 Å². The quantitative estimate of drug-likeness (QED) is 0.617. The second kappa shape index (κ2) is 4.67. The van der Waals surface area contributed by atoms with E-state index in [9.17, 15) is 15.2 Å². The molecule has 1 fully saturated rings. The molecule has 1 aliphatic heterocycles. The Bertz CT molecular complexity index is 424. The van der Waals surface area contributed by atoms with Crippen LogP contribution in [0, 0.1) is 16.0 Å². The topological polar surface area (TPSA) is 79.5 Å². The fourth-order valence-electron chi connectivity index (χ4n) is 2.02. The van der Waals surface area contributed by atoms with Gasteiger partial charge in [0.2, 0.25) is 5.82 Å². The molecule has 1 aromatic heterocycles.